The molecule has 1 aliphatic heterocycles. The van der Waals surface area contributed by atoms with Crippen molar-refractivity contribution in [3.8, 4) is 0 Å². The van der Waals surface area contributed by atoms with E-state index in [1.165, 1.54) is 21.4 Å². The fraction of sp³-hybridized carbons (Fsp3) is 1.00. The monoisotopic (exact) mass is 143 g/mol. The van der Waals surface area contributed by atoms with Gasteiger partial charge in [-0.05, 0) is 0 Å². The van der Waals surface area contributed by atoms with Crippen LogP contribution in [0.2, 0.25) is 0 Å². The first kappa shape index (κ1) is 6.97. The fourth-order valence-corrected chi connectivity index (χ4v) is 1.74. The first-order valence-corrected chi connectivity index (χ1v) is 3.94. The molecule has 1 N–H and O–H groups in total. The minimum absolute atomic E-state index is 0.381. The lowest BCUT2D eigenvalue weighted by atomic mass is 9.17. The molecular formula is C2H8B3NS2. The van der Waals surface area contributed by atoms with E-state index in [1.54, 1.807) is 0 Å². The Kier molecular flexibility index (Phi) is 2.73. The highest BCUT2D eigenvalue weighted by atomic mass is 32.1. The van der Waals surface area contributed by atoms with E-state index in [0.717, 1.165) is 0 Å². The maximum absolute atomic E-state index is 4.26. The van der Waals surface area contributed by atoms with Gasteiger partial charge >= 0.3 is 0 Å². The van der Waals surface area contributed by atoms with E-state index in [4.69, 9.17) is 0 Å². The number of thiol groups is 2. The van der Waals surface area contributed by atoms with E-state index in [2.05, 4.69) is 30.6 Å². The van der Waals surface area contributed by atoms with Gasteiger partial charge in [0.2, 0.25) is 0 Å². The van der Waals surface area contributed by atoms with Gasteiger partial charge in [0.05, 0.1) is 7.06 Å². The summed E-state index contributed by atoms with van der Waals surface area (Å²) < 4.78 is 0. The summed E-state index contributed by atoms with van der Waals surface area (Å²) in [6.45, 7) is 0. The summed E-state index contributed by atoms with van der Waals surface area (Å²) in [5.41, 5.74) is 0. The van der Waals surface area contributed by atoms with E-state index in [9.17, 15) is 0 Å². The van der Waals surface area contributed by atoms with Crippen LogP contribution in [-0.2, 0) is 0 Å². The summed E-state index contributed by atoms with van der Waals surface area (Å²) in [7, 11) is 3.62. The molecule has 0 aromatic heterocycles. The first-order valence-electron chi connectivity index (χ1n) is 2.91. The van der Waals surface area contributed by atoms with Crippen molar-refractivity contribution < 1.29 is 0 Å². The molecule has 0 spiro atoms. The smallest absolute Gasteiger partial charge is 0.113 e. The molecule has 2 unspecified atom stereocenters. The van der Waals surface area contributed by atoms with Gasteiger partial charge in [0.1, 0.15) is 14.3 Å². The standard InChI is InChI=1S/C2H8B3NS2/c7-1-3-5-4-2(8)6-1/h1-8H. The van der Waals surface area contributed by atoms with Crippen molar-refractivity contribution >= 4 is 46.7 Å². The quantitative estimate of drug-likeness (QED) is 0.267. The molecule has 0 amide bonds. The second kappa shape index (κ2) is 3.13. The number of hydrogen-bond acceptors (Lipinski definition) is 3. The van der Waals surface area contributed by atoms with E-state index in [1.807, 2.05) is 0 Å². The van der Waals surface area contributed by atoms with Crippen molar-refractivity contribution in [2.75, 3.05) is 0 Å². The van der Waals surface area contributed by atoms with Crippen molar-refractivity contribution in [1.82, 2.24) is 5.32 Å². The summed E-state index contributed by atoms with van der Waals surface area (Å²) in [5.74, 6) is 0. The van der Waals surface area contributed by atoms with Crippen molar-refractivity contribution in [2.45, 2.75) is 10.5 Å². The third kappa shape index (κ3) is 1.99. The van der Waals surface area contributed by atoms with Gasteiger partial charge < -0.3 is 5.32 Å². The number of nitrogens with one attached hydrogen (secondary N) is 1. The topological polar surface area (TPSA) is 12.0 Å². The Morgan fingerprint density at radius 3 is 1.88 bits per heavy atom. The molecular weight excluding hydrogens is 135 g/mol. The molecule has 0 aromatic rings. The normalized spacial score (nSPS) is 36.8. The zero-order valence-electron chi connectivity index (χ0n) is 4.67. The van der Waals surface area contributed by atoms with Crippen LogP contribution in [0.1, 0.15) is 0 Å². The molecule has 0 saturated carbocycles. The van der Waals surface area contributed by atoms with Crippen LogP contribution in [0, 0.1) is 0 Å². The minimum atomic E-state index is 0.381. The van der Waals surface area contributed by atoms with E-state index >= 15 is 0 Å². The van der Waals surface area contributed by atoms with Gasteiger partial charge in [0, 0.05) is 10.5 Å². The fourth-order valence-electron chi connectivity index (χ4n) is 0.893. The Morgan fingerprint density at radius 2 is 1.62 bits per heavy atom. The van der Waals surface area contributed by atoms with Gasteiger partial charge in [-0.1, -0.05) is 0 Å². The third-order valence-corrected chi connectivity index (χ3v) is 2.15. The Bertz CT molecular complexity index is 73.7. The van der Waals surface area contributed by atoms with Crippen molar-refractivity contribution in [2.24, 2.45) is 0 Å². The Balaban J connectivity index is 2.23. The molecule has 8 heavy (non-hydrogen) atoms. The zero-order chi connectivity index (χ0) is 5.98. The second-order valence-electron chi connectivity index (χ2n) is 2.13. The van der Waals surface area contributed by atoms with Crippen LogP contribution in [0.5, 0.6) is 0 Å². The average Bonchev–Trinajstić information content (AvgIpc) is 1.64. The predicted molar refractivity (Wildman–Crippen MR) is 50.1 cm³/mol. The van der Waals surface area contributed by atoms with Crippen LogP contribution in [0.25, 0.3) is 0 Å². The van der Waals surface area contributed by atoms with Crippen LogP contribution in [-0.4, -0.2) is 31.9 Å². The van der Waals surface area contributed by atoms with Gasteiger partial charge in [-0.15, -0.1) is 0 Å². The van der Waals surface area contributed by atoms with E-state index in [0.29, 0.717) is 10.5 Å². The SMILES string of the molecule is SC1BBBC(S)N1. The summed E-state index contributed by atoms with van der Waals surface area (Å²) >= 11 is 8.52. The molecule has 1 heterocycles. The highest BCUT2D eigenvalue weighted by Crippen LogP contribution is 1.97. The molecule has 1 rings (SSSR count). The highest BCUT2D eigenvalue weighted by molar-refractivity contribution is 7.85. The Hall–Kier alpha value is 0.855. The molecule has 6 heteroatoms. The summed E-state index contributed by atoms with van der Waals surface area (Å²) in [6, 6.07) is 0. The molecule has 1 saturated heterocycles. The molecule has 1 fully saturated rings. The highest BCUT2D eigenvalue weighted by Gasteiger charge is 2.17. The molecule has 1 nitrogen and oxygen atoms in total. The van der Waals surface area contributed by atoms with Crippen LogP contribution in [0.4, 0.5) is 0 Å². The maximum Gasteiger partial charge on any atom is 0.113 e. The van der Waals surface area contributed by atoms with E-state index in [-0.39, 0.29) is 0 Å². The van der Waals surface area contributed by atoms with Crippen LogP contribution in [0.3, 0.4) is 0 Å². The Labute approximate surface area is 62.9 Å². The number of rotatable bonds is 0. The van der Waals surface area contributed by atoms with Crippen LogP contribution < -0.4 is 5.32 Å². The molecule has 2 atom stereocenters. The van der Waals surface area contributed by atoms with E-state index < -0.39 is 0 Å². The lowest BCUT2D eigenvalue weighted by molar-refractivity contribution is 0.850. The summed E-state index contributed by atoms with van der Waals surface area (Å²) in [4.78, 5) is 0. The van der Waals surface area contributed by atoms with Crippen molar-refractivity contribution in [1.29, 1.82) is 0 Å². The van der Waals surface area contributed by atoms with Crippen molar-refractivity contribution in [3.05, 3.63) is 0 Å². The maximum atomic E-state index is 4.26. The molecule has 0 aliphatic carbocycles. The molecule has 0 aromatic carbocycles. The summed E-state index contributed by atoms with van der Waals surface area (Å²) in [5, 5.41) is 3.97. The third-order valence-electron chi connectivity index (χ3n) is 1.34. The molecule has 1 aliphatic rings. The number of hydrogen-bond donors (Lipinski definition) is 3. The lowest BCUT2D eigenvalue weighted by Crippen LogP contribution is -2.50. The lowest BCUT2D eigenvalue weighted by Gasteiger charge is -2.21. The first-order chi connectivity index (χ1) is 3.79. The molecule has 0 bridgehead atoms. The zero-order valence-corrected chi connectivity index (χ0v) is 6.46. The minimum Gasteiger partial charge on any atom is -0.310 e. The van der Waals surface area contributed by atoms with Gasteiger partial charge in [-0.25, -0.2) is 0 Å². The largest absolute Gasteiger partial charge is 0.310 e. The van der Waals surface area contributed by atoms with Gasteiger partial charge in [0.25, 0.3) is 0 Å². The second-order valence-corrected chi connectivity index (χ2v) is 3.38. The molecule has 0 radical (unpaired) electrons. The van der Waals surface area contributed by atoms with Crippen LogP contribution in [0.15, 0.2) is 0 Å². The van der Waals surface area contributed by atoms with Gasteiger partial charge in [0.15, 0.2) is 0 Å². The average molecular weight is 143 g/mol. The molecule has 42 valence electrons. The predicted octanol–water partition coefficient (Wildman–Crippen LogP) is -1.84. The summed E-state index contributed by atoms with van der Waals surface area (Å²) in [6.07, 6.45) is 0. The van der Waals surface area contributed by atoms with Crippen molar-refractivity contribution in [3.63, 3.8) is 0 Å². The Morgan fingerprint density at radius 1 is 1.12 bits per heavy atom. The van der Waals surface area contributed by atoms with Gasteiger partial charge in [-0.3, -0.25) is 0 Å². The van der Waals surface area contributed by atoms with Crippen LogP contribution >= 0.6 is 25.3 Å². The van der Waals surface area contributed by atoms with Gasteiger partial charge in [-0.2, -0.15) is 25.3 Å².